The van der Waals surface area contributed by atoms with E-state index in [9.17, 15) is 0 Å². The number of rotatable bonds is 18. The summed E-state index contributed by atoms with van der Waals surface area (Å²) in [6.45, 7) is 18.5. The van der Waals surface area contributed by atoms with Crippen LogP contribution in [0.3, 0.4) is 0 Å². The summed E-state index contributed by atoms with van der Waals surface area (Å²) in [6.07, 6.45) is 0. The summed E-state index contributed by atoms with van der Waals surface area (Å²) in [5.74, 6) is 5.83. The van der Waals surface area contributed by atoms with Crippen molar-refractivity contribution in [2.75, 3.05) is 37.0 Å². The van der Waals surface area contributed by atoms with Crippen molar-refractivity contribution in [3.8, 4) is 180 Å². The van der Waals surface area contributed by atoms with Crippen LogP contribution in [0, 0.1) is 13.8 Å². The third-order valence-corrected chi connectivity index (χ3v) is 26.9. The Kier molecular flexibility index (Phi) is 30.0. The molecule has 23 rings (SSSR count). The maximum Gasteiger partial charge on any atom is 0.229 e. The predicted octanol–water partition coefficient (Wildman–Crippen LogP) is 32.1. The van der Waals surface area contributed by atoms with Crippen LogP contribution in [0.15, 0.2) is 400 Å². The molecule has 0 fully saturated rings. The number of hydrogen-bond donors (Lipinski definition) is 0. The highest BCUT2D eigenvalue weighted by molar-refractivity contribution is 6.29. The normalized spacial score (nSPS) is 11.9. The molecule has 0 amide bonds. The first-order valence-electron chi connectivity index (χ1n) is 48.4. The van der Waals surface area contributed by atoms with Gasteiger partial charge in [0.25, 0.3) is 0 Å². The molecular formula is C125H100Cl5N17. The Hall–Kier alpha value is -16.4. The summed E-state index contributed by atoms with van der Waals surface area (Å²) in [4.78, 5) is 69.8. The van der Waals surface area contributed by atoms with Crippen molar-refractivity contribution in [1.82, 2.24) is 74.8 Å². The number of benzene rings is 16. The van der Waals surface area contributed by atoms with Crippen molar-refractivity contribution in [1.29, 1.82) is 0 Å². The summed E-state index contributed by atoms with van der Waals surface area (Å²) < 4.78 is 0. The minimum atomic E-state index is -0.0951. The molecule has 5 aromatic heterocycles. The van der Waals surface area contributed by atoms with E-state index in [1.54, 1.807) is 18.7 Å². The smallest absolute Gasteiger partial charge is 0.229 e. The standard InChI is InChI=1S/2C39H26ClN3.C33H26ClN3.C8H13ClN4.C6H9ClN4/c40-39-42-37(35-23-31(27-13-5-1-6-14-27)21-32(24-35)28-15-7-2-8-16-28)41-38(43-39)36-25-33(29-17-9-3-10-18-29)22-34(26-36)30-19-11-4-12-20-30;40-39-42-37(35-21-9-19-33(25-35)31-17-7-15-29(23-31)27-11-3-1-4-12-27)41-38(43-39)36-22-10-20-34(26-36)32-18-8-16-30(24-32)28-13-5-2-6-14-28;1-32(2)25-11-7-5-9-21(25)23-15-13-19(17-27(23)32)29-35-30(37-31(34)36-29)20-14-16-24-22-10-6-8-12-26(22)33(3,4)28(24)18-20;1-4-13(5-2)8-11-6(3)10-7(9)12-8;1-4-8-5(7)10-6(9-4)11(2)3/h2*1-26H;5-18H,1-4H3;4-5H2,1-3H3;1-3H3. The van der Waals surface area contributed by atoms with E-state index < -0.39 is 0 Å². The van der Waals surface area contributed by atoms with Crippen LogP contribution in [0.5, 0.6) is 0 Å². The quantitative estimate of drug-likeness (QED) is 0.0784. The molecule has 2 aliphatic carbocycles. The number of aromatic nitrogens is 15. The van der Waals surface area contributed by atoms with Gasteiger partial charge in [0.05, 0.1) is 0 Å². The highest BCUT2D eigenvalue weighted by atomic mass is 35.5. The topological polar surface area (TPSA) is 200 Å². The maximum absolute atomic E-state index is 6.61. The molecule has 0 aliphatic heterocycles. The van der Waals surface area contributed by atoms with Crippen molar-refractivity contribution < 1.29 is 0 Å². The van der Waals surface area contributed by atoms with Crippen LogP contribution < -0.4 is 9.80 Å². The van der Waals surface area contributed by atoms with Crippen molar-refractivity contribution in [3.05, 3.63) is 461 Å². The lowest BCUT2D eigenvalue weighted by atomic mass is 9.82. The van der Waals surface area contributed by atoms with Crippen molar-refractivity contribution in [3.63, 3.8) is 0 Å². The number of aryl methyl sites for hydroxylation is 2. The van der Waals surface area contributed by atoms with Crippen molar-refractivity contribution >= 4 is 69.9 Å². The monoisotopic (exact) mass is 2010 g/mol. The average molecular weight is 2020 g/mol. The second-order valence-electron chi connectivity index (χ2n) is 36.7. The molecule has 0 spiro atoms. The van der Waals surface area contributed by atoms with E-state index in [1.807, 2.05) is 128 Å². The molecule has 21 aromatic rings. The van der Waals surface area contributed by atoms with Crippen LogP contribution in [0.2, 0.25) is 26.4 Å². The Morgan fingerprint density at radius 3 is 0.707 bits per heavy atom. The molecule has 720 valence electrons. The fraction of sp³-hybridized carbons (Fsp3) is 0.112. The molecule has 0 saturated heterocycles. The molecule has 5 heterocycles. The number of nitrogens with zero attached hydrogens (tertiary/aromatic N) is 17. The summed E-state index contributed by atoms with van der Waals surface area (Å²) in [5.41, 5.74) is 33.4. The molecule has 0 N–H and O–H groups in total. The largest absolute Gasteiger partial charge is 0.347 e. The molecule has 0 radical (unpaired) electrons. The van der Waals surface area contributed by atoms with Gasteiger partial charge in [0.1, 0.15) is 11.6 Å². The number of fused-ring (bicyclic) bond motifs is 6. The fourth-order valence-corrected chi connectivity index (χ4v) is 19.5. The average Bonchev–Trinajstić information content (AvgIpc) is 1.58. The number of halogens is 5. The zero-order valence-electron chi connectivity index (χ0n) is 82.5. The summed E-state index contributed by atoms with van der Waals surface area (Å²) in [5, 5.41) is 1.01. The highest BCUT2D eigenvalue weighted by Gasteiger charge is 2.38. The molecular weight excluding hydrogens is 1920 g/mol. The Bertz CT molecular complexity index is 7760. The van der Waals surface area contributed by atoms with E-state index in [1.165, 1.54) is 66.8 Å². The van der Waals surface area contributed by atoms with Crippen LogP contribution in [0.4, 0.5) is 11.9 Å². The zero-order chi connectivity index (χ0) is 102. The lowest BCUT2D eigenvalue weighted by molar-refractivity contribution is 0.660. The number of anilines is 2. The first kappa shape index (κ1) is 99.4. The van der Waals surface area contributed by atoms with Gasteiger partial charge in [0, 0.05) is 71.4 Å². The van der Waals surface area contributed by atoms with Crippen molar-refractivity contribution in [2.45, 2.75) is 66.2 Å². The van der Waals surface area contributed by atoms with E-state index in [4.69, 9.17) is 73.0 Å². The molecule has 0 bridgehead atoms. The van der Waals surface area contributed by atoms with Gasteiger partial charge in [-0.3, -0.25) is 0 Å². The number of hydrogen-bond acceptors (Lipinski definition) is 17. The highest BCUT2D eigenvalue weighted by Crippen LogP contribution is 2.52. The van der Waals surface area contributed by atoms with E-state index in [0.29, 0.717) is 58.5 Å². The Balaban J connectivity index is 0.000000125. The van der Waals surface area contributed by atoms with Gasteiger partial charge in [-0.2, -0.15) is 49.8 Å². The molecule has 147 heavy (non-hydrogen) atoms. The Labute approximate surface area is 881 Å². The summed E-state index contributed by atoms with van der Waals surface area (Å²) in [7, 11) is 3.70. The molecule has 2 aliphatic rings. The van der Waals surface area contributed by atoms with Gasteiger partial charge in [-0.15, -0.1) is 0 Å². The van der Waals surface area contributed by atoms with Gasteiger partial charge in [0.2, 0.25) is 38.3 Å². The molecule has 17 nitrogen and oxygen atoms in total. The van der Waals surface area contributed by atoms with E-state index in [-0.39, 0.29) is 37.2 Å². The molecule has 0 saturated carbocycles. The van der Waals surface area contributed by atoms with Crippen LogP contribution >= 0.6 is 58.0 Å². The van der Waals surface area contributed by atoms with Gasteiger partial charge in [-0.1, -0.05) is 355 Å². The maximum atomic E-state index is 6.61. The first-order valence-corrected chi connectivity index (χ1v) is 50.3. The van der Waals surface area contributed by atoms with Gasteiger partial charge in [-0.25, -0.2) is 24.9 Å². The van der Waals surface area contributed by atoms with Crippen LogP contribution in [-0.4, -0.2) is 102 Å². The third kappa shape index (κ3) is 22.9. The summed E-state index contributed by atoms with van der Waals surface area (Å²) in [6, 6.07) is 139. The SMILES string of the molecule is CC1(C)c2ccccc2-c2ccc(-c3nc(Cl)nc(-c4ccc5c(c4)C(C)(C)c4ccccc4-5)n3)cc21.CCN(CC)c1nc(C)nc(Cl)n1.Cc1nc(Cl)nc(N(C)C)n1.Clc1nc(-c2cc(-c3ccccc3)cc(-c3ccccc3)c2)nc(-c2cc(-c3ccccc3)cc(-c3ccccc3)c2)n1.Clc1nc(-c2cccc(-c3cccc(-c4ccccc4)c3)c2)nc(-c2cccc(-c3cccc(-c4ccccc4)c3)c2)n1. The van der Waals surface area contributed by atoms with Crippen LogP contribution in [0.25, 0.3) is 180 Å². The molecule has 0 atom stereocenters. The Morgan fingerprint density at radius 1 is 0.190 bits per heavy atom. The van der Waals surface area contributed by atoms with Crippen molar-refractivity contribution in [2.24, 2.45) is 0 Å². The Morgan fingerprint density at radius 2 is 0.408 bits per heavy atom. The van der Waals surface area contributed by atoms with E-state index in [0.717, 1.165) is 113 Å². The van der Waals surface area contributed by atoms with Gasteiger partial charge >= 0.3 is 0 Å². The lowest BCUT2D eigenvalue weighted by Crippen LogP contribution is -2.24. The first-order chi connectivity index (χ1) is 71.4. The minimum absolute atomic E-state index is 0.0951. The second kappa shape index (κ2) is 44.5. The van der Waals surface area contributed by atoms with Crippen LogP contribution in [0.1, 0.15) is 75.4 Å². The van der Waals surface area contributed by atoms with E-state index >= 15 is 0 Å². The molecule has 0 unspecified atom stereocenters. The lowest BCUT2D eigenvalue weighted by Gasteiger charge is -2.22. The zero-order valence-corrected chi connectivity index (χ0v) is 86.3. The minimum Gasteiger partial charge on any atom is -0.347 e. The molecule has 22 heteroatoms. The predicted molar refractivity (Wildman–Crippen MR) is 603 cm³/mol. The third-order valence-electron chi connectivity index (χ3n) is 26.0. The second-order valence-corrected chi connectivity index (χ2v) is 38.4. The molecule has 16 aromatic carbocycles. The van der Waals surface area contributed by atoms with Gasteiger partial charge in [-0.05, 0) is 292 Å². The summed E-state index contributed by atoms with van der Waals surface area (Å²) >= 11 is 30.9. The van der Waals surface area contributed by atoms with Gasteiger partial charge < -0.3 is 9.80 Å². The van der Waals surface area contributed by atoms with Gasteiger partial charge in [0.15, 0.2) is 34.9 Å². The fourth-order valence-electron chi connectivity index (χ4n) is 18.6. The van der Waals surface area contributed by atoms with Crippen LogP contribution in [-0.2, 0) is 10.8 Å². The van der Waals surface area contributed by atoms with E-state index in [2.05, 4.69) is 393 Å².